The van der Waals surface area contributed by atoms with E-state index in [1.165, 1.54) is 25.7 Å². The fourth-order valence-electron chi connectivity index (χ4n) is 4.81. The van der Waals surface area contributed by atoms with Crippen molar-refractivity contribution in [3.63, 3.8) is 0 Å². The van der Waals surface area contributed by atoms with Crippen LogP contribution in [0, 0.1) is 40.4 Å². The van der Waals surface area contributed by atoms with Crippen LogP contribution in [-0.4, -0.2) is 0 Å². The van der Waals surface area contributed by atoms with E-state index in [0.717, 1.165) is 29.6 Å². The van der Waals surface area contributed by atoms with Gasteiger partial charge in [-0.3, -0.25) is 0 Å². The number of hydrogen-bond donors (Lipinski definition) is 0. The summed E-state index contributed by atoms with van der Waals surface area (Å²) < 4.78 is 0. The van der Waals surface area contributed by atoms with E-state index in [0.29, 0.717) is 10.8 Å². The highest BCUT2D eigenvalue weighted by atomic mass is 14.5. The molecule has 0 saturated heterocycles. The first kappa shape index (κ1) is 22.0. The van der Waals surface area contributed by atoms with Gasteiger partial charge < -0.3 is 0 Å². The highest BCUT2D eigenvalue weighted by Crippen LogP contribution is 2.54. The highest BCUT2D eigenvalue weighted by molar-refractivity contribution is 4.96. The summed E-state index contributed by atoms with van der Waals surface area (Å²) in [5, 5.41) is 0. The summed E-state index contributed by atoms with van der Waals surface area (Å²) in [6.07, 6.45) is 5.25. The molecule has 0 radical (unpaired) electrons. The van der Waals surface area contributed by atoms with E-state index in [9.17, 15) is 0 Å². The van der Waals surface area contributed by atoms with Crippen LogP contribution in [0.3, 0.4) is 0 Å². The topological polar surface area (TPSA) is 0 Å². The van der Waals surface area contributed by atoms with Gasteiger partial charge in [0.05, 0.1) is 0 Å². The van der Waals surface area contributed by atoms with Crippen LogP contribution in [0.2, 0.25) is 0 Å². The molecule has 0 fully saturated rings. The molecule has 0 aromatic heterocycles. The van der Waals surface area contributed by atoms with Gasteiger partial charge in [-0.15, -0.1) is 0 Å². The first-order valence-corrected chi connectivity index (χ1v) is 10.0. The van der Waals surface area contributed by atoms with Crippen molar-refractivity contribution >= 4 is 0 Å². The average molecular weight is 311 g/mol. The predicted octanol–water partition coefficient (Wildman–Crippen LogP) is 7.82. The largest absolute Gasteiger partial charge is 0.0654 e. The second-order valence-electron chi connectivity index (χ2n) is 9.02. The Labute approximate surface area is 142 Å². The van der Waals surface area contributed by atoms with Crippen LogP contribution in [0.25, 0.3) is 0 Å². The Balaban J connectivity index is 5.65. The van der Waals surface area contributed by atoms with Crippen molar-refractivity contribution in [2.75, 3.05) is 0 Å². The van der Waals surface area contributed by atoms with Gasteiger partial charge in [-0.1, -0.05) is 95.4 Å². The van der Waals surface area contributed by atoms with Gasteiger partial charge in [0, 0.05) is 0 Å². The standard InChI is InChI=1S/C22H46/c1-12-15-22(11,19(8)18(7)17(6)13-2)20(9)21(10,14-3)16(4)5/h16-20H,12-15H2,1-11H3. The molecule has 22 heavy (non-hydrogen) atoms. The second kappa shape index (κ2) is 8.74. The van der Waals surface area contributed by atoms with Crippen molar-refractivity contribution in [2.24, 2.45) is 40.4 Å². The molecular formula is C22H46. The molecule has 0 heteroatoms. The van der Waals surface area contributed by atoms with Gasteiger partial charge in [-0.2, -0.15) is 0 Å². The fourth-order valence-corrected chi connectivity index (χ4v) is 4.81. The van der Waals surface area contributed by atoms with Gasteiger partial charge in [0.1, 0.15) is 0 Å². The Bertz CT molecular complexity index is 305. The molecule has 0 amide bonds. The van der Waals surface area contributed by atoms with Crippen LogP contribution in [0.15, 0.2) is 0 Å². The third-order valence-corrected chi connectivity index (χ3v) is 8.22. The summed E-state index contributed by atoms with van der Waals surface area (Å²) in [5.41, 5.74) is 0.875. The number of hydrogen-bond acceptors (Lipinski definition) is 0. The lowest BCUT2D eigenvalue weighted by Crippen LogP contribution is -2.46. The van der Waals surface area contributed by atoms with E-state index in [2.05, 4.69) is 76.2 Å². The molecule has 0 spiro atoms. The van der Waals surface area contributed by atoms with Crippen molar-refractivity contribution in [3.8, 4) is 0 Å². The monoisotopic (exact) mass is 310 g/mol. The maximum absolute atomic E-state index is 2.60. The van der Waals surface area contributed by atoms with Crippen LogP contribution in [0.4, 0.5) is 0 Å². The quantitative estimate of drug-likeness (QED) is 0.386. The molecule has 0 rings (SSSR count). The van der Waals surface area contributed by atoms with Gasteiger partial charge in [-0.25, -0.2) is 0 Å². The van der Waals surface area contributed by atoms with Crippen LogP contribution >= 0.6 is 0 Å². The smallest absolute Gasteiger partial charge is 0.0267 e. The molecule has 0 aliphatic carbocycles. The molecular weight excluding hydrogens is 264 g/mol. The van der Waals surface area contributed by atoms with Gasteiger partial charge in [0.15, 0.2) is 0 Å². The van der Waals surface area contributed by atoms with Crippen molar-refractivity contribution in [1.82, 2.24) is 0 Å². The van der Waals surface area contributed by atoms with Crippen LogP contribution in [0.1, 0.15) is 102 Å². The van der Waals surface area contributed by atoms with Crippen molar-refractivity contribution in [1.29, 1.82) is 0 Å². The Morgan fingerprint density at radius 2 is 1.27 bits per heavy atom. The summed E-state index contributed by atoms with van der Waals surface area (Å²) in [6.45, 7) is 27.1. The Morgan fingerprint density at radius 1 is 0.773 bits per heavy atom. The zero-order chi connectivity index (χ0) is 17.7. The van der Waals surface area contributed by atoms with Crippen molar-refractivity contribution in [2.45, 2.75) is 102 Å². The molecule has 0 nitrogen and oxygen atoms in total. The SMILES string of the molecule is CCCC(C)(C(C)C(C)C(C)CC)C(C)C(C)(CC)C(C)C. The predicted molar refractivity (Wildman–Crippen MR) is 103 cm³/mol. The van der Waals surface area contributed by atoms with Gasteiger partial charge >= 0.3 is 0 Å². The Hall–Kier alpha value is 0. The zero-order valence-electron chi connectivity index (χ0n) is 17.7. The van der Waals surface area contributed by atoms with Crippen LogP contribution in [-0.2, 0) is 0 Å². The summed E-state index contributed by atoms with van der Waals surface area (Å²) >= 11 is 0. The van der Waals surface area contributed by atoms with Crippen LogP contribution < -0.4 is 0 Å². The van der Waals surface area contributed by atoms with Crippen molar-refractivity contribution in [3.05, 3.63) is 0 Å². The first-order valence-electron chi connectivity index (χ1n) is 10.0. The molecule has 0 N–H and O–H groups in total. The lowest BCUT2D eigenvalue weighted by molar-refractivity contribution is -0.0440. The van der Waals surface area contributed by atoms with E-state index >= 15 is 0 Å². The van der Waals surface area contributed by atoms with Crippen LogP contribution in [0.5, 0.6) is 0 Å². The summed E-state index contributed by atoms with van der Waals surface area (Å²) in [4.78, 5) is 0. The third-order valence-electron chi connectivity index (χ3n) is 8.22. The molecule has 0 saturated carbocycles. The summed E-state index contributed by atoms with van der Waals surface area (Å²) in [6, 6.07) is 0. The molecule has 0 aromatic carbocycles. The minimum atomic E-state index is 0.437. The van der Waals surface area contributed by atoms with E-state index in [-0.39, 0.29) is 0 Å². The molecule has 6 atom stereocenters. The molecule has 0 aliphatic rings. The van der Waals surface area contributed by atoms with E-state index in [1.807, 2.05) is 0 Å². The molecule has 134 valence electrons. The average Bonchev–Trinajstić information content (AvgIpc) is 2.50. The van der Waals surface area contributed by atoms with Gasteiger partial charge in [-0.05, 0) is 46.8 Å². The Morgan fingerprint density at radius 3 is 1.59 bits per heavy atom. The van der Waals surface area contributed by atoms with E-state index < -0.39 is 0 Å². The number of rotatable bonds is 10. The molecule has 0 aliphatic heterocycles. The molecule has 0 bridgehead atoms. The minimum Gasteiger partial charge on any atom is -0.0654 e. The third kappa shape index (κ3) is 4.30. The zero-order valence-corrected chi connectivity index (χ0v) is 17.7. The first-order chi connectivity index (χ1) is 10.0. The lowest BCUT2D eigenvalue weighted by atomic mass is 9.52. The second-order valence-corrected chi connectivity index (χ2v) is 9.02. The fraction of sp³-hybridized carbons (Fsp3) is 1.00. The van der Waals surface area contributed by atoms with E-state index in [1.54, 1.807) is 0 Å². The van der Waals surface area contributed by atoms with Gasteiger partial charge in [0.25, 0.3) is 0 Å². The van der Waals surface area contributed by atoms with Gasteiger partial charge in [0.2, 0.25) is 0 Å². The van der Waals surface area contributed by atoms with E-state index in [4.69, 9.17) is 0 Å². The van der Waals surface area contributed by atoms with Crippen molar-refractivity contribution < 1.29 is 0 Å². The summed E-state index contributed by atoms with van der Waals surface area (Å²) in [7, 11) is 0. The maximum Gasteiger partial charge on any atom is -0.0267 e. The minimum absolute atomic E-state index is 0.437. The lowest BCUT2D eigenvalue weighted by Gasteiger charge is -2.53. The Kier molecular flexibility index (Phi) is 8.74. The maximum atomic E-state index is 2.60. The highest BCUT2D eigenvalue weighted by Gasteiger charge is 2.47. The molecule has 0 heterocycles. The molecule has 6 unspecified atom stereocenters. The summed E-state index contributed by atoms with van der Waals surface area (Å²) in [5.74, 6) is 3.91. The normalized spacial score (nSPS) is 23.5. The molecule has 0 aromatic rings.